The van der Waals surface area contributed by atoms with Crippen LogP contribution in [0.25, 0.3) is 6.08 Å². The third-order valence-electron chi connectivity index (χ3n) is 5.52. The van der Waals surface area contributed by atoms with Crippen LogP contribution in [0.3, 0.4) is 0 Å². The summed E-state index contributed by atoms with van der Waals surface area (Å²) < 4.78 is 11.0. The van der Waals surface area contributed by atoms with E-state index in [0.717, 1.165) is 22.2 Å². The van der Waals surface area contributed by atoms with Crippen LogP contribution in [0, 0.1) is 17.0 Å². The normalized spacial score (nSPS) is 14.1. The number of carbonyl (C=O) groups excluding carboxylic acids is 3. The van der Waals surface area contributed by atoms with Gasteiger partial charge in [-0.05, 0) is 60.2 Å². The molecule has 1 fully saturated rings. The van der Waals surface area contributed by atoms with Crippen molar-refractivity contribution in [2.45, 2.75) is 13.5 Å². The number of rotatable bonds is 9. The zero-order chi connectivity index (χ0) is 27.2. The molecule has 0 spiro atoms. The van der Waals surface area contributed by atoms with Gasteiger partial charge in [0.1, 0.15) is 0 Å². The molecule has 1 aliphatic heterocycles. The number of ether oxygens (including phenoxy) is 2. The number of hydrogen-bond donors (Lipinski definition) is 1. The molecule has 0 bridgehead atoms. The molecule has 0 aromatic heterocycles. The number of nitrogens with one attached hydrogen (secondary N) is 1. The lowest BCUT2D eigenvalue weighted by Crippen LogP contribution is -2.27. The average Bonchev–Trinajstić information content (AvgIpc) is 3.16. The topological polar surface area (TPSA) is 128 Å². The van der Waals surface area contributed by atoms with Gasteiger partial charge in [-0.1, -0.05) is 35.9 Å². The van der Waals surface area contributed by atoms with Gasteiger partial charge < -0.3 is 14.8 Å². The molecule has 38 heavy (non-hydrogen) atoms. The summed E-state index contributed by atoms with van der Waals surface area (Å²) in [6, 6.07) is 18.1. The lowest BCUT2D eigenvalue weighted by atomic mass is 10.1. The molecule has 1 heterocycles. The Balaban J connectivity index is 1.42. The Bertz CT molecular complexity index is 1440. The average molecular weight is 534 g/mol. The SMILES string of the molecule is COc1cc(/C=C2\SC(=O)N(Cc3cccc([N+](=O)[O-])c3)C2=O)ccc1OCC(=O)Nc1ccc(C)cc1. The summed E-state index contributed by atoms with van der Waals surface area (Å²) in [5.41, 5.74) is 2.67. The first kappa shape index (κ1) is 26.4. The van der Waals surface area contributed by atoms with Gasteiger partial charge in [-0.15, -0.1) is 0 Å². The van der Waals surface area contributed by atoms with Crippen molar-refractivity contribution in [2.75, 3.05) is 19.0 Å². The van der Waals surface area contributed by atoms with Gasteiger partial charge in [0.25, 0.3) is 22.7 Å². The van der Waals surface area contributed by atoms with Gasteiger partial charge >= 0.3 is 0 Å². The standard InChI is InChI=1S/C27H23N3O7S/c1-17-6-9-20(10-7-17)28-25(31)16-37-22-11-8-18(13-23(22)36-2)14-24-26(32)29(27(33)38-24)15-19-4-3-5-21(12-19)30(34)35/h3-14H,15-16H2,1-2H3,(H,28,31)/b24-14-. The molecule has 3 aromatic rings. The number of nitro benzene ring substituents is 1. The lowest BCUT2D eigenvalue weighted by Gasteiger charge is -2.12. The summed E-state index contributed by atoms with van der Waals surface area (Å²) >= 11 is 0.780. The number of carbonyl (C=O) groups is 3. The number of hydrogen-bond acceptors (Lipinski definition) is 8. The van der Waals surface area contributed by atoms with E-state index in [4.69, 9.17) is 9.47 Å². The first-order valence-electron chi connectivity index (χ1n) is 11.4. The molecule has 0 saturated carbocycles. The molecule has 1 N–H and O–H groups in total. The van der Waals surface area contributed by atoms with E-state index >= 15 is 0 Å². The van der Waals surface area contributed by atoms with Crippen molar-refractivity contribution in [3.05, 3.63) is 98.4 Å². The summed E-state index contributed by atoms with van der Waals surface area (Å²) in [6.45, 7) is 1.64. The van der Waals surface area contributed by atoms with Crippen LogP contribution in [-0.2, 0) is 16.1 Å². The number of nitro groups is 1. The Morgan fingerprint density at radius 2 is 1.84 bits per heavy atom. The van der Waals surface area contributed by atoms with E-state index in [1.165, 1.54) is 25.3 Å². The maximum atomic E-state index is 12.9. The van der Waals surface area contributed by atoms with E-state index in [1.54, 1.807) is 42.5 Å². The molecule has 4 rings (SSSR count). The van der Waals surface area contributed by atoms with Crippen molar-refractivity contribution in [3.8, 4) is 11.5 Å². The second-order valence-electron chi connectivity index (χ2n) is 8.31. The Morgan fingerprint density at radius 1 is 1.08 bits per heavy atom. The second kappa shape index (κ2) is 11.6. The molecule has 1 saturated heterocycles. The Kier molecular flexibility index (Phi) is 8.07. The first-order valence-corrected chi connectivity index (χ1v) is 12.2. The molecule has 0 radical (unpaired) electrons. The van der Waals surface area contributed by atoms with Crippen LogP contribution in [-0.4, -0.2) is 40.6 Å². The fraction of sp³-hybridized carbons (Fsp3) is 0.148. The Hall–Kier alpha value is -4.64. The monoisotopic (exact) mass is 533 g/mol. The number of aryl methyl sites for hydroxylation is 1. The van der Waals surface area contributed by atoms with Gasteiger partial charge in [-0.2, -0.15) is 0 Å². The van der Waals surface area contributed by atoms with Crippen molar-refractivity contribution in [1.82, 2.24) is 4.90 Å². The zero-order valence-electron chi connectivity index (χ0n) is 20.5. The van der Waals surface area contributed by atoms with Gasteiger partial charge in [0, 0.05) is 17.8 Å². The van der Waals surface area contributed by atoms with Crippen molar-refractivity contribution >= 4 is 46.3 Å². The van der Waals surface area contributed by atoms with Crippen molar-refractivity contribution < 1.29 is 28.8 Å². The minimum absolute atomic E-state index is 0.0789. The van der Waals surface area contributed by atoms with Crippen molar-refractivity contribution in [1.29, 1.82) is 0 Å². The quantitative estimate of drug-likeness (QED) is 0.227. The van der Waals surface area contributed by atoms with Crippen LogP contribution < -0.4 is 14.8 Å². The highest BCUT2D eigenvalue weighted by atomic mass is 32.2. The highest BCUT2D eigenvalue weighted by Crippen LogP contribution is 2.35. The molecule has 10 nitrogen and oxygen atoms in total. The fourth-order valence-electron chi connectivity index (χ4n) is 3.61. The minimum Gasteiger partial charge on any atom is -0.493 e. The molecule has 1 aliphatic rings. The largest absolute Gasteiger partial charge is 0.493 e. The Labute approximate surface area is 222 Å². The van der Waals surface area contributed by atoms with E-state index in [9.17, 15) is 24.5 Å². The molecule has 194 valence electrons. The number of methoxy groups -OCH3 is 1. The highest BCUT2D eigenvalue weighted by Gasteiger charge is 2.35. The summed E-state index contributed by atoms with van der Waals surface area (Å²) in [6.07, 6.45) is 1.55. The number of non-ortho nitro benzene ring substituents is 1. The van der Waals surface area contributed by atoms with Crippen LogP contribution in [0.15, 0.2) is 71.6 Å². The van der Waals surface area contributed by atoms with Crippen LogP contribution >= 0.6 is 11.8 Å². The van der Waals surface area contributed by atoms with E-state index in [2.05, 4.69) is 5.32 Å². The van der Waals surface area contributed by atoms with E-state index in [1.807, 2.05) is 19.1 Å². The zero-order valence-corrected chi connectivity index (χ0v) is 21.3. The molecule has 0 unspecified atom stereocenters. The van der Waals surface area contributed by atoms with Gasteiger partial charge in [0.15, 0.2) is 18.1 Å². The van der Waals surface area contributed by atoms with E-state index in [0.29, 0.717) is 28.3 Å². The fourth-order valence-corrected chi connectivity index (χ4v) is 4.45. The Morgan fingerprint density at radius 3 is 2.55 bits per heavy atom. The molecular weight excluding hydrogens is 510 g/mol. The number of anilines is 1. The molecule has 0 aliphatic carbocycles. The van der Waals surface area contributed by atoms with Crippen LogP contribution in [0.4, 0.5) is 16.2 Å². The lowest BCUT2D eigenvalue weighted by molar-refractivity contribution is -0.384. The first-order chi connectivity index (χ1) is 18.2. The van der Waals surface area contributed by atoms with Gasteiger partial charge in [0.05, 0.1) is 23.5 Å². The molecule has 0 atom stereocenters. The van der Waals surface area contributed by atoms with Crippen LogP contribution in [0.5, 0.6) is 11.5 Å². The molecule has 3 aromatic carbocycles. The maximum absolute atomic E-state index is 12.9. The van der Waals surface area contributed by atoms with Crippen LogP contribution in [0.1, 0.15) is 16.7 Å². The second-order valence-corrected chi connectivity index (χ2v) is 9.30. The number of amides is 3. The van der Waals surface area contributed by atoms with Gasteiger partial charge in [-0.3, -0.25) is 29.4 Å². The third kappa shape index (κ3) is 6.37. The number of thioether (sulfide) groups is 1. The predicted molar refractivity (Wildman–Crippen MR) is 143 cm³/mol. The van der Waals surface area contributed by atoms with Gasteiger partial charge in [-0.25, -0.2) is 0 Å². The highest BCUT2D eigenvalue weighted by molar-refractivity contribution is 8.18. The summed E-state index contributed by atoms with van der Waals surface area (Å²) in [5.74, 6) is -0.156. The maximum Gasteiger partial charge on any atom is 0.293 e. The third-order valence-corrected chi connectivity index (χ3v) is 6.42. The predicted octanol–water partition coefficient (Wildman–Crippen LogP) is 5.17. The molecule has 3 amide bonds. The molecular formula is C27H23N3O7S. The molecule has 11 heteroatoms. The number of nitrogens with zero attached hydrogens (tertiary/aromatic N) is 2. The van der Waals surface area contributed by atoms with Crippen molar-refractivity contribution in [3.63, 3.8) is 0 Å². The van der Waals surface area contributed by atoms with E-state index in [-0.39, 0.29) is 29.7 Å². The van der Waals surface area contributed by atoms with Crippen LogP contribution in [0.2, 0.25) is 0 Å². The number of benzene rings is 3. The van der Waals surface area contributed by atoms with Crippen molar-refractivity contribution in [2.24, 2.45) is 0 Å². The van der Waals surface area contributed by atoms with Gasteiger partial charge in [0.2, 0.25) is 0 Å². The summed E-state index contributed by atoms with van der Waals surface area (Å²) in [5, 5.41) is 13.3. The van der Waals surface area contributed by atoms with E-state index < -0.39 is 16.1 Å². The summed E-state index contributed by atoms with van der Waals surface area (Å²) in [4.78, 5) is 49.4. The smallest absolute Gasteiger partial charge is 0.293 e. The minimum atomic E-state index is -0.533. The summed E-state index contributed by atoms with van der Waals surface area (Å²) in [7, 11) is 1.45. The number of imide groups is 1.